The third kappa shape index (κ3) is 4.87. The standard InChI is InChI=1S/C17H22FN3O2/c1-11(12-5-7-13(18)8-6-12)19-14(22)9-10-15-20-16(21-23-15)17(2,3)4/h5-8,11H,9-10H2,1-4H3,(H,19,22). The average molecular weight is 319 g/mol. The summed E-state index contributed by atoms with van der Waals surface area (Å²) in [5, 5.41) is 6.80. The summed E-state index contributed by atoms with van der Waals surface area (Å²) in [6, 6.07) is 5.90. The molecule has 0 fully saturated rings. The number of benzene rings is 1. The fourth-order valence-electron chi connectivity index (χ4n) is 2.03. The lowest BCUT2D eigenvalue weighted by molar-refractivity contribution is -0.121. The number of nitrogens with one attached hydrogen (secondary N) is 1. The first-order valence-electron chi connectivity index (χ1n) is 7.63. The van der Waals surface area contributed by atoms with Crippen LogP contribution in [-0.4, -0.2) is 16.0 Å². The maximum Gasteiger partial charge on any atom is 0.227 e. The van der Waals surface area contributed by atoms with E-state index in [9.17, 15) is 9.18 Å². The van der Waals surface area contributed by atoms with Gasteiger partial charge in [-0.3, -0.25) is 4.79 Å². The van der Waals surface area contributed by atoms with Crippen molar-refractivity contribution in [2.75, 3.05) is 0 Å². The topological polar surface area (TPSA) is 68.0 Å². The van der Waals surface area contributed by atoms with Crippen molar-refractivity contribution in [1.29, 1.82) is 0 Å². The number of halogens is 1. The first-order valence-corrected chi connectivity index (χ1v) is 7.63. The highest BCUT2D eigenvalue weighted by atomic mass is 19.1. The molecule has 0 aliphatic heterocycles. The Hall–Kier alpha value is -2.24. The van der Waals surface area contributed by atoms with Gasteiger partial charge in [0.2, 0.25) is 11.8 Å². The quantitative estimate of drug-likeness (QED) is 0.918. The van der Waals surface area contributed by atoms with Crippen LogP contribution in [0, 0.1) is 5.82 Å². The molecule has 1 amide bonds. The van der Waals surface area contributed by atoms with Crippen molar-refractivity contribution in [3.05, 3.63) is 47.4 Å². The summed E-state index contributed by atoms with van der Waals surface area (Å²) in [6.45, 7) is 7.85. The van der Waals surface area contributed by atoms with E-state index in [1.54, 1.807) is 12.1 Å². The maximum absolute atomic E-state index is 12.9. The molecule has 1 atom stereocenters. The monoisotopic (exact) mass is 319 g/mol. The van der Waals surface area contributed by atoms with Gasteiger partial charge >= 0.3 is 0 Å². The Balaban J connectivity index is 1.85. The maximum atomic E-state index is 12.9. The molecule has 1 heterocycles. The first-order chi connectivity index (χ1) is 10.8. The van der Waals surface area contributed by atoms with Crippen molar-refractivity contribution in [3.63, 3.8) is 0 Å². The Bertz CT molecular complexity index is 659. The summed E-state index contributed by atoms with van der Waals surface area (Å²) in [7, 11) is 0. The molecule has 2 aromatic rings. The van der Waals surface area contributed by atoms with Gasteiger partial charge in [0.05, 0.1) is 6.04 Å². The molecule has 1 N–H and O–H groups in total. The zero-order valence-corrected chi connectivity index (χ0v) is 13.9. The molecule has 5 nitrogen and oxygen atoms in total. The largest absolute Gasteiger partial charge is 0.350 e. The molecular weight excluding hydrogens is 297 g/mol. The minimum atomic E-state index is -0.293. The second kappa shape index (κ2) is 6.89. The molecule has 0 spiro atoms. The van der Waals surface area contributed by atoms with Crippen LogP contribution < -0.4 is 5.32 Å². The van der Waals surface area contributed by atoms with Crippen molar-refractivity contribution in [3.8, 4) is 0 Å². The molecule has 0 saturated heterocycles. The number of carbonyl (C=O) groups is 1. The fraction of sp³-hybridized carbons (Fsp3) is 0.471. The lowest BCUT2D eigenvalue weighted by atomic mass is 9.96. The van der Waals surface area contributed by atoms with E-state index in [4.69, 9.17) is 4.52 Å². The second-order valence-electron chi connectivity index (χ2n) is 6.60. The summed E-state index contributed by atoms with van der Waals surface area (Å²) >= 11 is 0. The van der Waals surface area contributed by atoms with E-state index in [1.807, 2.05) is 27.7 Å². The van der Waals surface area contributed by atoms with E-state index >= 15 is 0 Å². The molecule has 0 saturated carbocycles. The number of nitrogens with zero attached hydrogens (tertiary/aromatic N) is 2. The Labute approximate surface area is 135 Å². The lowest BCUT2D eigenvalue weighted by Gasteiger charge is -2.14. The van der Waals surface area contributed by atoms with E-state index in [-0.39, 0.29) is 29.6 Å². The second-order valence-corrected chi connectivity index (χ2v) is 6.60. The van der Waals surface area contributed by atoms with Crippen molar-refractivity contribution in [1.82, 2.24) is 15.5 Å². The Morgan fingerprint density at radius 2 is 1.96 bits per heavy atom. The van der Waals surface area contributed by atoms with Crippen LogP contribution in [-0.2, 0) is 16.6 Å². The summed E-state index contributed by atoms with van der Waals surface area (Å²) in [5.41, 5.74) is 0.675. The van der Waals surface area contributed by atoms with Crippen LogP contribution in [0.1, 0.15) is 57.4 Å². The molecule has 6 heteroatoms. The predicted octanol–water partition coefficient (Wildman–Crippen LogP) is 3.32. The van der Waals surface area contributed by atoms with Crippen LogP contribution in [0.4, 0.5) is 4.39 Å². The van der Waals surface area contributed by atoms with E-state index in [0.29, 0.717) is 18.1 Å². The molecule has 124 valence electrons. The third-order valence-electron chi connectivity index (χ3n) is 3.45. The minimum absolute atomic E-state index is 0.114. The van der Waals surface area contributed by atoms with Crippen LogP contribution in [0.2, 0.25) is 0 Å². The van der Waals surface area contributed by atoms with Gasteiger partial charge in [0.15, 0.2) is 5.82 Å². The van der Waals surface area contributed by atoms with Gasteiger partial charge in [0.25, 0.3) is 0 Å². The Morgan fingerprint density at radius 1 is 1.30 bits per heavy atom. The van der Waals surface area contributed by atoms with Crippen LogP contribution in [0.5, 0.6) is 0 Å². The lowest BCUT2D eigenvalue weighted by Crippen LogP contribution is -2.26. The molecule has 0 radical (unpaired) electrons. The van der Waals surface area contributed by atoms with Crippen LogP contribution in [0.3, 0.4) is 0 Å². The number of amides is 1. The van der Waals surface area contributed by atoms with Crippen LogP contribution >= 0.6 is 0 Å². The molecule has 1 aromatic carbocycles. The minimum Gasteiger partial charge on any atom is -0.350 e. The summed E-state index contributed by atoms with van der Waals surface area (Å²) < 4.78 is 18.1. The third-order valence-corrected chi connectivity index (χ3v) is 3.45. The van der Waals surface area contributed by atoms with Crippen LogP contribution in [0.25, 0.3) is 0 Å². The number of hydrogen-bond donors (Lipinski definition) is 1. The Kier molecular flexibility index (Phi) is 5.13. The van der Waals surface area contributed by atoms with Crippen molar-refractivity contribution in [2.24, 2.45) is 0 Å². The Morgan fingerprint density at radius 3 is 2.52 bits per heavy atom. The van der Waals surface area contributed by atoms with Gasteiger partial charge in [-0.2, -0.15) is 4.98 Å². The first kappa shape index (κ1) is 17.1. The SMILES string of the molecule is CC(NC(=O)CCc1nc(C(C)(C)C)no1)c1ccc(F)cc1. The molecule has 0 bridgehead atoms. The zero-order valence-electron chi connectivity index (χ0n) is 13.9. The normalized spacial score (nSPS) is 12.9. The molecule has 2 rings (SSSR count). The van der Waals surface area contributed by atoms with E-state index < -0.39 is 0 Å². The molecular formula is C17H22FN3O2. The molecule has 0 aliphatic carbocycles. The smallest absolute Gasteiger partial charge is 0.227 e. The number of carbonyl (C=O) groups excluding carboxylic acids is 1. The predicted molar refractivity (Wildman–Crippen MR) is 84.3 cm³/mol. The molecule has 1 aromatic heterocycles. The number of rotatable bonds is 5. The van der Waals surface area contributed by atoms with E-state index in [0.717, 1.165) is 5.56 Å². The highest BCUT2D eigenvalue weighted by Gasteiger charge is 2.21. The van der Waals surface area contributed by atoms with Gasteiger partial charge in [0.1, 0.15) is 5.82 Å². The van der Waals surface area contributed by atoms with E-state index in [1.165, 1.54) is 12.1 Å². The van der Waals surface area contributed by atoms with Gasteiger partial charge in [-0.1, -0.05) is 38.1 Å². The van der Waals surface area contributed by atoms with Gasteiger partial charge in [-0.05, 0) is 24.6 Å². The molecule has 1 unspecified atom stereocenters. The zero-order chi connectivity index (χ0) is 17.0. The van der Waals surface area contributed by atoms with E-state index in [2.05, 4.69) is 15.5 Å². The summed E-state index contributed by atoms with van der Waals surface area (Å²) in [6.07, 6.45) is 0.655. The fourth-order valence-corrected chi connectivity index (χ4v) is 2.03. The molecule has 23 heavy (non-hydrogen) atoms. The van der Waals surface area contributed by atoms with Gasteiger partial charge < -0.3 is 9.84 Å². The van der Waals surface area contributed by atoms with Crippen molar-refractivity contribution < 1.29 is 13.7 Å². The summed E-state index contributed by atoms with van der Waals surface area (Å²) in [4.78, 5) is 16.3. The average Bonchev–Trinajstić information content (AvgIpc) is 2.95. The number of aromatic nitrogens is 2. The van der Waals surface area contributed by atoms with Crippen LogP contribution in [0.15, 0.2) is 28.8 Å². The highest BCUT2D eigenvalue weighted by molar-refractivity contribution is 5.76. The van der Waals surface area contributed by atoms with Gasteiger partial charge in [-0.25, -0.2) is 4.39 Å². The summed E-state index contributed by atoms with van der Waals surface area (Å²) in [5.74, 6) is 0.683. The van der Waals surface area contributed by atoms with Gasteiger partial charge in [0, 0.05) is 18.3 Å². The van der Waals surface area contributed by atoms with Crippen molar-refractivity contribution in [2.45, 2.75) is 52.0 Å². The van der Waals surface area contributed by atoms with Crippen molar-refractivity contribution >= 4 is 5.91 Å². The highest BCUT2D eigenvalue weighted by Crippen LogP contribution is 2.19. The number of hydrogen-bond acceptors (Lipinski definition) is 4. The number of aryl methyl sites for hydroxylation is 1. The molecule has 0 aliphatic rings. The van der Waals surface area contributed by atoms with Gasteiger partial charge in [-0.15, -0.1) is 0 Å².